The quantitative estimate of drug-likeness (QED) is 0.832. The molecule has 0 amide bonds. The number of carboxylic acid groups (broad SMARTS) is 1. The van der Waals surface area contributed by atoms with E-state index >= 15 is 0 Å². The van der Waals surface area contributed by atoms with Crippen LogP contribution in [0.2, 0.25) is 5.02 Å². The fourth-order valence-electron chi connectivity index (χ4n) is 1.16. The first kappa shape index (κ1) is 13.8. The molecular formula is C10H12ClNO4S. The summed E-state index contributed by atoms with van der Waals surface area (Å²) >= 11 is 5.66. The Morgan fingerprint density at radius 1 is 1.29 bits per heavy atom. The molecule has 5 nitrogen and oxygen atoms in total. The van der Waals surface area contributed by atoms with Crippen LogP contribution in [-0.2, 0) is 14.8 Å². The molecule has 0 fully saturated rings. The zero-order valence-corrected chi connectivity index (χ0v) is 10.5. The lowest BCUT2D eigenvalue weighted by Crippen LogP contribution is -2.17. The molecule has 17 heavy (non-hydrogen) atoms. The Morgan fingerprint density at radius 3 is 2.41 bits per heavy atom. The number of carbonyl (C=O) groups is 1. The van der Waals surface area contributed by atoms with Crippen LogP contribution in [0, 0.1) is 0 Å². The molecule has 0 unspecified atom stereocenters. The molecule has 2 N–H and O–H groups in total. The van der Waals surface area contributed by atoms with Crippen molar-refractivity contribution in [1.29, 1.82) is 0 Å². The Balaban J connectivity index is 2.54. The Labute approximate surface area is 104 Å². The molecule has 0 aliphatic carbocycles. The van der Waals surface area contributed by atoms with E-state index in [1.54, 1.807) is 12.1 Å². The second-order valence-electron chi connectivity index (χ2n) is 3.43. The molecular weight excluding hydrogens is 266 g/mol. The van der Waals surface area contributed by atoms with E-state index < -0.39 is 16.0 Å². The number of halogens is 1. The monoisotopic (exact) mass is 277 g/mol. The van der Waals surface area contributed by atoms with Gasteiger partial charge in [-0.3, -0.25) is 9.52 Å². The van der Waals surface area contributed by atoms with Crippen LogP contribution in [-0.4, -0.2) is 25.2 Å². The minimum atomic E-state index is -3.50. The van der Waals surface area contributed by atoms with Crippen molar-refractivity contribution in [3.63, 3.8) is 0 Å². The largest absolute Gasteiger partial charge is 0.481 e. The van der Waals surface area contributed by atoms with Gasteiger partial charge in [-0.2, -0.15) is 0 Å². The van der Waals surface area contributed by atoms with Crippen LogP contribution in [0.15, 0.2) is 24.3 Å². The summed E-state index contributed by atoms with van der Waals surface area (Å²) in [5.41, 5.74) is 0.407. The maximum absolute atomic E-state index is 11.5. The lowest BCUT2D eigenvalue weighted by Gasteiger charge is -2.07. The van der Waals surface area contributed by atoms with Gasteiger partial charge < -0.3 is 5.11 Å². The molecule has 94 valence electrons. The normalized spacial score (nSPS) is 11.1. The highest BCUT2D eigenvalue weighted by Crippen LogP contribution is 2.15. The van der Waals surface area contributed by atoms with Crippen LogP contribution in [0.4, 0.5) is 5.69 Å². The SMILES string of the molecule is O=C(O)CCCS(=O)(=O)Nc1ccc(Cl)cc1. The first-order valence-corrected chi connectivity index (χ1v) is 6.90. The lowest BCUT2D eigenvalue weighted by molar-refractivity contribution is -0.137. The lowest BCUT2D eigenvalue weighted by atomic mass is 10.3. The third-order valence-corrected chi connectivity index (χ3v) is 3.55. The summed E-state index contributed by atoms with van der Waals surface area (Å²) in [7, 11) is -3.50. The van der Waals surface area contributed by atoms with Gasteiger partial charge in [0.2, 0.25) is 10.0 Å². The first-order valence-electron chi connectivity index (χ1n) is 4.87. The third kappa shape index (κ3) is 5.55. The third-order valence-electron chi connectivity index (χ3n) is 1.92. The molecule has 1 aromatic rings. The number of aliphatic carboxylic acids is 1. The fourth-order valence-corrected chi connectivity index (χ4v) is 2.41. The number of anilines is 1. The molecule has 0 aliphatic rings. The number of benzene rings is 1. The molecule has 0 aromatic heterocycles. The van der Waals surface area contributed by atoms with Crippen molar-refractivity contribution in [3.8, 4) is 0 Å². The number of sulfonamides is 1. The number of hydrogen-bond donors (Lipinski definition) is 2. The van der Waals surface area contributed by atoms with Crippen molar-refractivity contribution in [1.82, 2.24) is 0 Å². The van der Waals surface area contributed by atoms with Gasteiger partial charge in [0.25, 0.3) is 0 Å². The van der Waals surface area contributed by atoms with Gasteiger partial charge in [0.05, 0.1) is 5.75 Å². The summed E-state index contributed by atoms with van der Waals surface area (Å²) in [5, 5.41) is 8.91. The highest BCUT2D eigenvalue weighted by molar-refractivity contribution is 7.92. The van der Waals surface area contributed by atoms with Crippen molar-refractivity contribution >= 4 is 33.3 Å². The van der Waals surface area contributed by atoms with Crippen LogP contribution in [0.5, 0.6) is 0 Å². The second kappa shape index (κ2) is 5.88. The van der Waals surface area contributed by atoms with E-state index in [1.807, 2.05) is 0 Å². The maximum atomic E-state index is 11.5. The van der Waals surface area contributed by atoms with Gasteiger partial charge in [0.1, 0.15) is 0 Å². The van der Waals surface area contributed by atoms with Crippen molar-refractivity contribution < 1.29 is 18.3 Å². The molecule has 0 saturated heterocycles. The zero-order valence-electron chi connectivity index (χ0n) is 8.89. The molecule has 0 bridgehead atoms. The molecule has 1 aromatic carbocycles. The summed E-state index contributed by atoms with van der Waals surface area (Å²) in [6.45, 7) is 0. The minimum Gasteiger partial charge on any atom is -0.481 e. The van der Waals surface area contributed by atoms with Gasteiger partial charge in [-0.15, -0.1) is 0 Å². The summed E-state index contributed by atoms with van der Waals surface area (Å²) in [4.78, 5) is 10.3. The number of rotatable bonds is 6. The summed E-state index contributed by atoms with van der Waals surface area (Å²) < 4.78 is 25.4. The second-order valence-corrected chi connectivity index (χ2v) is 5.70. The van der Waals surface area contributed by atoms with Crippen molar-refractivity contribution in [2.24, 2.45) is 0 Å². The number of nitrogens with one attached hydrogen (secondary N) is 1. The van der Waals surface area contributed by atoms with Crippen LogP contribution >= 0.6 is 11.6 Å². The molecule has 0 atom stereocenters. The van der Waals surface area contributed by atoms with Gasteiger partial charge in [-0.05, 0) is 30.7 Å². The Kier molecular flexibility index (Phi) is 4.77. The topological polar surface area (TPSA) is 83.5 Å². The Bertz CT molecular complexity index is 484. The van der Waals surface area contributed by atoms with E-state index in [0.29, 0.717) is 10.7 Å². The van der Waals surface area contributed by atoms with E-state index in [-0.39, 0.29) is 18.6 Å². The van der Waals surface area contributed by atoms with Crippen molar-refractivity contribution in [2.75, 3.05) is 10.5 Å². The summed E-state index contributed by atoms with van der Waals surface area (Å²) in [5.74, 6) is -1.23. The van der Waals surface area contributed by atoms with E-state index in [2.05, 4.69) is 4.72 Å². The van der Waals surface area contributed by atoms with E-state index in [4.69, 9.17) is 16.7 Å². The Morgan fingerprint density at radius 2 is 1.88 bits per heavy atom. The van der Waals surface area contributed by atoms with Crippen molar-refractivity contribution in [3.05, 3.63) is 29.3 Å². The van der Waals surface area contributed by atoms with Gasteiger partial charge in [-0.25, -0.2) is 8.42 Å². The zero-order chi connectivity index (χ0) is 12.9. The average molecular weight is 278 g/mol. The fraction of sp³-hybridized carbons (Fsp3) is 0.300. The molecule has 0 radical (unpaired) electrons. The number of hydrogen-bond acceptors (Lipinski definition) is 3. The van der Waals surface area contributed by atoms with Crippen molar-refractivity contribution in [2.45, 2.75) is 12.8 Å². The van der Waals surface area contributed by atoms with Gasteiger partial charge in [0.15, 0.2) is 0 Å². The molecule has 0 saturated carbocycles. The van der Waals surface area contributed by atoms with E-state index in [9.17, 15) is 13.2 Å². The highest BCUT2D eigenvalue weighted by atomic mass is 35.5. The highest BCUT2D eigenvalue weighted by Gasteiger charge is 2.11. The molecule has 1 rings (SSSR count). The number of carboxylic acids is 1. The van der Waals surface area contributed by atoms with Crippen LogP contribution in [0.25, 0.3) is 0 Å². The maximum Gasteiger partial charge on any atom is 0.303 e. The predicted octanol–water partition coefficient (Wildman–Crippen LogP) is 1.95. The standard InChI is InChI=1S/C10H12ClNO4S/c11-8-3-5-9(6-4-8)12-17(15,16)7-1-2-10(13)14/h3-6,12H,1-2,7H2,(H,13,14). The molecule has 0 heterocycles. The predicted molar refractivity (Wildman–Crippen MR) is 65.7 cm³/mol. The minimum absolute atomic E-state index is 0.0816. The smallest absolute Gasteiger partial charge is 0.303 e. The van der Waals surface area contributed by atoms with Crippen LogP contribution < -0.4 is 4.72 Å². The average Bonchev–Trinajstić information content (AvgIpc) is 2.20. The summed E-state index contributed by atoms with van der Waals surface area (Å²) in [6.07, 6.45) is -0.0835. The van der Waals surface area contributed by atoms with Crippen LogP contribution in [0.3, 0.4) is 0 Å². The molecule has 7 heteroatoms. The van der Waals surface area contributed by atoms with E-state index in [0.717, 1.165) is 0 Å². The van der Waals surface area contributed by atoms with E-state index in [1.165, 1.54) is 12.1 Å². The molecule has 0 spiro atoms. The van der Waals surface area contributed by atoms with Gasteiger partial charge in [-0.1, -0.05) is 11.6 Å². The van der Waals surface area contributed by atoms with Crippen LogP contribution in [0.1, 0.15) is 12.8 Å². The first-order chi connectivity index (χ1) is 7.89. The van der Waals surface area contributed by atoms with Gasteiger partial charge in [0, 0.05) is 17.1 Å². The summed E-state index contributed by atoms with van der Waals surface area (Å²) in [6, 6.07) is 6.21. The Hall–Kier alpha value is -1.27. The molecule has 0 aliphatic heterocycles. The van der Waals surface area contributed by atoms with Gasteiger partial charge >= 0.3 is 5.97 Å².